The number of pyridine rings is 1. The zero-order valence-electron chi connectivity index (χ0n) is 14.3. The number of hydrogen-bond donors (Lipinski definition) is 1. The first-order valence-corrected chi connectivity index (χ1v) is 7.64. The van der Waals surface area contributed by atoms with Crippen molar-refractivity contribution < 1.29 is 18.8 Å². The van der Waals surface area contributed by atoms with E-state index in [9.17, 15) is 4.79 Å². The minimum absolute atomic E-state index is 0.169. The molecular formula is C16H22N4O4. The summed E-state index contributed by atoms with van der Waals surface area (Å²) in [5, 5.41) is 6.33. The van der Waals surface area contributed by atoms with Crippen molar-refractivity contribution >= 4 is 5.91 Å². The molecule has 2 aromatic rings. The van der Waals surface area contributed by atoms with Crippen LogP contribution in [0.5, 0.6) is 5.88 Å². The monoisotopic (exact) mass is 334 g/mol. The lowest BCUT2D eigenvalue weighted by molar-refractivity contribution is -0.0168. The fraction of sp³-hybridized carbons (Fsp3) is 0.500. The zero-order chi connectivity index (χ0) is 17.6. The van der Waals surface area contributed by atoms with Gasteiger partial charge in [-0.05, 0) is 33.8 Å². The van der Waals surface area contributed by atoms with E-state index >= 15 is 0 Å². The first kappa shape index (κ1) is 17.9. The van der Waals surface area contributed by atoms with E-state index in [1.54, 1.807) is 19.1 Å². The summed E-state index contributed by atoms with van der Waals surface area (Å²) in [6.45, 7) is 8.69. The Balaban J connectivity index is 1.77. The van der Waals surface area contributed by atoms with Crippen molar-refractivity contribution in [3.8, 4) is 5.88 Å². The van der Waals surface area contributed by atoms with Crippen LogP contribution in [0.1, 0.15) is 42.8 Å². The molecule has 0 saturated carbocycles. The van der Waals surface area contributed by atoms with Crippen molar-refractivity contribution in [1.82, 2.24) is 20.4 Å². The average molecular weight is 334 g/mol. The minimum Gasteiger partial charge on any atom is -0.475 e. The Labute approximate surface area is 140 Å². The molecule has 0 fully saturated rings. The van der Waals surface area contributed by atoms with E-state index in [2.05, 4.69) is 20.4 Å². The van der Waals surface area contributed by atoms with E-state index in [4.69, 9.17) is 14.0 Å². The second kappa shape index (κ2) is 7.87. The van der Waals surface area contributed by atoms with Gasteiger partial charge < -0.3 is 19.3 Å². The molecule has 2 heterocycles. The van der Waals surface area contributed by atoms with Gasteiger partial charge in [0.05, 0.1) is 24.3 Å². The van der Waals surface area contributed by atoms with E-state index in [0.717, 1.165) is 0 Å². The quantitative estimate of drug-likeness (QED) is 0.772. The van der Waals surface area contributed by atoms with E-state index in [0.29, 0.717) is 36.4 Å². The van der Waals surface area contributed by atoms with Gasteiger partial charge in [0.15, 0.2) is 5.82 Å². The third-order valence-electron chi connectivity index (χ3n) is 2.84. The second-order valence-electron chi connectivity index (χ2n) is 6.11. The number of aryl methyl sites for hydroxylation is 1. The van der Waals surface area contributed by atoms with E-state index < -0.39 is 0 Å². The van der Waals surface area contributed by atoms with Gasteiger partial charge in [-0.25, -0.2) is 4.98 Å². The summed E-state index contributed by atoms with van der Waals surface area (Å²) in [6, 6.07) is 3.28. The molecule has 0 atom stereocenters. The van der Waals surface area contributed by atoms with Gasteiger partial charge in [-0.1, -0.05) is 5.16 Å². The third-order valence-corrected chi connectivity index (χ3v) is 2.84. The molecule has 0 aromatic carbocycles. The summed E-state index contributed by atoms with van der Waals surface area (Å²) in [5.74, 6) is 1.04. The first-order chi connectivity index (χ1) is 11.3. The molecule has 0 aliphatic heterocycles. The largest absolute Gasteiger partial charge is 0.475 e. The maximum Gasteiger partial charge on any atom is 0.253 e. The number of amides is 1. The highest BCUT2D eigenvalue weighted by Gasteiger charge is 2.11. The lowest BCUT2D eigenvalue weighted by Crippen LogP contribution is -2.23. The van der Waals surface area contributed by atoms with Crippen LogP contribution in [0.4, 0.5) is 0 Å². The highest BCUT2D eigenvalue weighted by Crippen LogP contribution is 2.09. The molecule has 130 valence electrons. The van der Waals surface area contributed by atoms with Crippen LogP contribution in [0.3, 0.4) is 0 Å². The second-order valence-corrected chi connectivity index (χ2v) is 6.11. The fourth-order valence-corrected chi connectivity index (χ4v) is 1.76. The smallest absolute Gasteiger partial charge is 0.253 e. The molecule has 2 rings (SSSR count). The molecule has 0 radical (unpaired) electrons. The van der Waals surface area contributed by atoms with Crippen LogP contribution in [0, 0.1) is 6.92 Å². The number of nitrogens with zero attached hydrogens (tertiary/aromatic N) is 3. The van der Waals surface area contributed by atoms with Crippen LogP contribution in [-0.4, -0.2) is 39.8 Å². The first-order valence-electron chi connectivity index (χ1n) is 7.64. The number of rotatable bonds is 7. The summed E-state index contributed by atoms with van der Waals surface area (Å²) in [7, 11) is 0. The maximum absolute atomic E-state index is 12.0. The molecular weight excluding hydrogens is 312 g/mol. The van der Waals surface area contributed by atoms with Crippen LogP contribution in [0.2, 0.25) is 0 Å². The molecule has 0 unspecified atom stereocenters. The van der Waals surface area contributed by atoms with Crippen molar-refractivity contribution in [3.05, 3.63) is 35.6 Å². The highest BCUT2D eigenvalue weighted by molar-refractivity contribution is 5.93. The Morgan fingerprint density at radius 2 is 2.08 bits per heavy atom. The van der Waals surface area contributed by atoms with Crippen LogP contribution in [0.15, 0.2) is 22.9 Å². The lowest BCUT2D eigenvalue weighted by Gasteiger charge is -2.19. The van der Waals surface area contributed by atoms with Gasteiger partial charge >= 0.3 is 0 Å². The average Bonchev–Trinajstić information content (AvgIpc) is 2.94. The number of nitrogens with one attached hydrogen (secondary N) is 1. The third kappa shape index (κ3) is 5.96. The van der Waals surface area contributed by atoms with Gasteiger partial charge in [0.1, 0.15) is 6.61 Å². The van der Waals surface area contributed by atoms with Gasteiger partial charge in [-0.3, -0.25) is 4.79 Å². The Kier molecular flexibility index (Phi) is 5.86. The summed E-state index contributed by atoms with van der Waals surface area (Å²) in [5.41, 5.74) is 0.222. The fourth-order valence-electron chi connectivity index (χ4n) is 1.76. The normalized spacial score (nSPS) is 11.3. The number of hydrogen-bond acceptors (Lipinski definition) is 7. The molecule has 0 bridgehead atoms. The highest BCUT2D eigenvalue weighted by atomic mass is 16.5. The Morgan fingerprint density at radius 3 is 2.67 bits per heavy atom. The van der Waals surface area contributed by atoms with Crippen molar-refractivity contribution in [2.24, 2.45) is 0 Å². The molecule has 2 aromatic heterocycles. The molecule has 0 spiro atoms. The predicted octanol–water partition coefficient (Wildman–Crippen LogP) is 1.90. The summed E-state index contributed by atoms with van der Waals surface area (Å²) in [6.07, 6.45) is 1.45. The predicted molar refractivity (Wildman–Crippen MR) is 85.6 cm³/mol. The number of carbonyl (C=O) groups excluding carboxylic acids is 1. The van der Waals surface area contributed by atoms with Gasteiger partial charge in [0.25, 0.3) is 5.91 Å². The summed E-state index contributed by atoms with van der Waals surface area (Å²) < 4.78 is 15.9. The van der Waals surface area contributed by atoms with Crippen LogP contribution in [0.25, 0.3) is 0 Å². The van der Waals surface area contributed by atoms with Gasteiger partial charge in [0.2, 0.25) is 11.8 Å². The number of carbonyl (C=O) groups is 1. The Bertz CT molecular complexity index is 661. The van der Waals surface area contributed by atoms with Crippen LogP contribution >= 0.6 is 0 Å². The van der Waals surface area contributed by atoms with E-state index in [-0.39, 0.29) is 18.1 Å². The Hall–Kier alpha value is -2.48. The zero-order valence-corrected chi connectivity index (χ0v) is 14.3. The summed E-state index contributed by atoms with van der Waals surface area (Å²) in [4.78, 5) is 20.1. The van der Waals surface area contributed by atoms with E-state index in [1.807, 2.05) is 20.8 Å². The van der Waals surface area contributed by atoms with Crippen LogP contribution < -0.4 is 10.1 Å². The molecule has 0 saturated heterocycles. The standard InChI is InChI=1S/C16H22N4O4/c1-11-19-14(24-20-11)10-18-15(21)12-5-6-13(17-9-12)22-7-8-23-16(2,3)4/h5-6,9H,7-8,10H2,1-4H3,(H,18,21). The molecule has 8 nitrogen and oxygen atoms in total. The summed E-state index contributed by atoms with van der Waals surface area (Å²) >= 11 is 0. The van der Waals surface area contributed by atoms with Crippen molar-refractivity contribution in [2.45, 2.75) is 39.8 Å². The number of aromatic nitrogens is 3. The molecule has 1 amide bonds. The SMILES string of the molecule is Cc1noc(CNC(=O)c2ccc(OCCOC(C)(C)C)nc2)n1. The molecule has 8 heteroatoms. The maximum atomic E-state index is 12.0. The number of ether oxygens (including phenoxy) is 2. The van der Waals surface area contributed by atoms with Crippen molar-refractivity contribution in [1.29, 1.82) is 0 Å². The van der Waals surface area contributed by atoms with Gasteiger partial charge in [-0.2, -0.15) is 4.98 Å². The van der Waals surface area contributed by atoms with Crippen molar-refractivity contribution in [3.63, 3.8) is 0 Å². The van der Waals surface area contributed by atoms with Crippen molar-refractivity contribution in [2.75, 3.05) is 13.2 Å². The van der Waals surface area contributed by atoms with Gasteiger partial charge in [0, 0.05) is 12.3 Å². The topological polar surface area (TPSA) is 99.4 Å². The molecule has 0 aliphatic carbocycles. The van der Waals surface area contributed by atoms with Crippen LogP contribution in [-0.2, 0) is 11.3 Å². The van der Waals surface area contributed by atoms with Gasteiger partial charge in [-0.15, -0.1) is 0 Å². The molecule has 0 aliphatic rings. The van der Waals surface area contributed by atoms with E-state index in [1.165, 1.54) is 6.20 Å². The Morgan fingerprint density at radius 1 is 1.29 bits per heavy atom. The minimum atomic E-state index is -0.277. The molecule has 24 heavy (non-hydrogen) atoms. The molecule has 1 N–H and O–H groups in total. The lowest BCUT2D eigenvalue weighted by atomic mass is 10.2.